The molecule has 0 saturated carbocycles. The number of para-hydroxylation sites is 1. The molecule has 3 aromatic rings. The van der Waals surface area contributed by atoms with Gasteiger partial charge in [-0.2, -0.15) is 0 Å². The highest BCUT2D eigenvalue weighted by Gasteiger charge is 2.21. The molecule has 0 radical (unpaired) electrons. The summed E-state index contributed by atoms with van der Waals surface area (Å²) in [6, 6.07) is 22.3. The van der Waals surface area contributed by atoms with Crippen molar-refractivity contribution in [2.24, 2.45) is 0 Å². The molecule has 3 aromatic carbocycles. The number of nitrogens with one attached hydrogen (secondary N) is 2. The monoisotopic (exact) mass is 492 g/mol. The number of piperazine rings is 1. The molecule has 184 valence electrons. The van der Waals surface area contributed by atoms with Gasteiger partial charge in [-0.3, -0.25) is 4.90 Å². The Morgan fingerprint density at radius 2 is 1.34 bits per heavy atom. The van der Waals surface area contributed by atoms with E-state index in [4.69, 9.17) is 26.4 Å². The third kappa shape index (κ3) is 6.35. The Kier molecular flexibility index (Phi) is 8.28. The number of nitrogens with zero attached hydrogens (tertiary/aromatic N) is 2. The zero-order chi connectivity index (χ0) is 24.6. The van der Waals surface area contributed by atoms with E-state index in [-0.39, 0.29) is 0 Å². The summed E-state index contributed by atoms with van der Waals surface area (Å²) in [4.78, 5) is 4.63. The van der Waals surface area contributed by atoms with Gasteiger partial charge in [-0.25, -0.2) is 0 Å². The van der Waals surface area contributed by atoms with Gasteiger partial charge in [-0.15, -0.1) is 0 Å². The van der Waals surface area contributed by atoms with Gasteiger partial charge in [0.25, 0.3) is 0 Å². The predicted molar refractivity (Wildman–Crippen MR) is 145 cm³/mol. The standard InChI is InChI=1S/C27H32N4O3S/c1-32-24-17-20(18-25(33-2)26(24)34-3)19-30-13-15-31(16-14-30)27(35)29-23-11-9-22(10-12-23)28-21-7-5-4-6-8-21/h4-12,17-18,28H,13-16,19H2,1-3H3,(H,29,35). The van der Waals surface area contributed by atoms with Crippen LogP contribution in [-0.4, -0.2) is 62.4 Å². The van der Waals surface area contributed by atoms with Crippen LogP contribution in [0.5, 0.6) is 17.2 Å². The number of hydrogen-bond donors (Lipinski definition) is 2. The minimum Gasteiger partial charge on any atom is -0.493 e. The molecular formula is C27H32N4O3S. The molecule has 0 bridgehead atoms. The average Bonchev–Trinajstić information content (AvgIpc) is 2.90. The maximum atomic E-state index is 5.69. The molecule has 0 aromatic heterocycles. The van der Waals surface area contributed by atoms with Crippen LogP contribution in [0.4, 0.5) is 17.1 Å². The van der Waals surface area contributed by atoms with Gasteiger partial charge >= 0.3 is 0 Å². The normalized spacial score (nSPS) is 13.7. The first-order chi connectivity index (χ1) is 17.1. The highest BCUT2D eigenvalue weighted by atomic mass is 32.1. The Hall–Kier alpha value is -3.49. The van der Waals surface area contributed by atoms with Crippen LogP contribution in [0.15, 0.2) is 66.7 Å². The van der Waals surface area contributed by atoms with E-state index in [1.807, 2.05) is 66.7 Å². The average molecular weight is 493 g/mol. The maximum Gasteiger partial charge on any atom is 0.203 e. The first-order valence-electron chi connectivity index (χ1n) is 11.6. The van der Waals surface area contributed by atoms with Gasteiger partial charge in [-0.05, 0) is 66.3 Å². The minimum atomic E-state index is 0.615. The highest BCUT2D eigenvalue weighted by Crippen LogP contribution is 2.38. The molecule has 8 heteroatoms. The van der Waals surface area contributed by atoms with Crippen molar-refractivity contribution in [3.63, 3.8) is 0 Å². The fourth-order valence-corrected chi connectivity index (χ4v) is 4.42. The summed E-state index contributed by atoms with van der Waals surface area (Å²) in [7, 11) is 4.90. The first-order valence-corrected chi connectivity index (χ1v) is 12.0. The second-order valence-electron chi connectivity index (χ2n) is 8.30. The van der Waals surface area contributed by atoms with Crippen LogP contribution in [0.1, 0.15) is 5.56 Å². The van der Waals surface area contributed by atoms with Crippen molar-refractivity contribution in [2.75, 3.05) is 58.1 Å². The molecule has 1 heterocycles. The van der Waals surface area contributed by atoms with Gasteiger partial charge in [0.2, 0.25) is 5.75 Å². The van der Waals surface area contributed by atoms with Crippen LogP contribution >= 0.6 is 12.2 Å². The second kappa shape index (κ2) is 11.8. The fraction of sp³-hybridized carbons (Fsp3) is 0.296. The van der Waals surface area contributed by atoms with E-state index in [0.717, 1.165) is 60.5 Å². The van der Waals surface area contributed by atoms with Crippen LogP contribution in [0, 0.1) is 0 Å². The number of ether oxygens (including phenoxy) is 3. The third-order valence-electron chi connectivity index (χ3n) is 5.99. The minimum absolute atomic E-state index is 0.615. The Morgan fingerprint density at radius 3 is 1.91 bits per heavy atom. The summed E-state index contributed by atoms with van der Waals surface area (Å²) < 4.78 is 16.4. The SMILES string of the molecule is COc1cc(CN2CCN(C(=S)Nc3ccc(Nc4ccccc4)cc3)CC2)cc(OC)c1OC. The molecule has 1 aliphatic rings. The summed E-state index contributed by atoms with van der Waals surface area (Å²) >= 11 is 5.69. The fourth-order valence-electron chi connectivity index (χ4n) is 4.12. The molecule has 0 spiro atoms. The van der Waals surface area contributed by atoms with Crippen molar-refractivity contribution in [2.45, 2.75) is 6.54 Å². The van der Waals surface area contributed by atoms with Gasteiger partial charge in [0.15, 0.2) is 16.6 Å². The highest BCUT2D eigenvalue weighted by molar-refractivity contribution is 7.80. The molecular weight excluding hydrogens is 460 g/mol. The van der Waals surface area contributed by atoms with Crippen molar-refractivity contribution in [1.29, 1.82) is 0 Å². The van der Waals surface area contributed by atoms with Crippen molar-refractivity contribution < 1.29 is 14.2 Å². The lowest BCUT2D eigenvalue weighted by atomic mass is 10.1. The lowest BCUT2D eigenvalue weighted by Gasteiger charge is -2.36. The van der Waals surface area contributed by atoms with Crippen LogP contribution in [0.3, 0.4) is 0 Å². The van der Waals surface area contributed by atoms with Gasteiger partial charge in [0.1, 0.15) is 0 Å². The van der Waals surface area contributed by atoms with Crippen molar-refractivity contribution in [3.05, 3.63) is 72.3 Å². The molecule has 0 atom stereocenters. The molecule has 0 aliphatic carbocycles. The van der Waals surface area contributed by atoms with Crippen molar-refractivity contribution in [1.82, 2.24) is 9.80 Å². The van der Waals surface area contributed by atoms with E-state index in [2.05, 4.69) is 20.4 Å². The van der Waals surface area contributed by atoms with E-state index >= 15 is 0 Å². The Morgan fingerprint density at radius 1 is 0.771 bits per heavy atom. The van der Waals surface area contributed by atoms with Gasteiger partial charge in [0, 0.05) is 49.8 Å². The topological polar surface area (TPSA) is 58.2 Å². The van der Waals surface area contributed by atoms with E-state index < -0.39 is 0 Å². The Labute approximate surface area is 212 Å². The molecule has 4 rings (SSSR count). The summed E-state index contributed by atoms with van der Waals surface area (Å²) in [5, 5.41) is 7.52. The molecule has 0 amide bonds. The van der Waals surface area contributed by atoms with E-state index in [9.17, 15) is 0 Å². The molecule has 1 fully saturated rings. The molecule has 7 nitrogen and oxygen atoms in total. The van der Waals surface area contributed by atoms with E-state index in [0.29, 0.717) is 17.2 Å². The summed E-state index contributed by atoms with van der Waals surface area (Å²) in [5.74, 6) is 1.97. The molecule has 2 N–H and O–H groups in total. The largest absolute Gasteiger partial charge is 0.493 e. The Bertz CT molecular complexity index is 1090. The zero-order valence-electron chi connectivity index (χ0n) is 20.4. The quantitative estimate of drug-likeness (QED) is 0.428. The van der Waals surface area contributed by atoms with Gasteiger partial charge in [-0.1, -0.05) is 18.2 Å². The summed E-state index contributed by atoms with van der Waals surface area (Å²) in [5.41, 5.74) is 4.20. The smallest absolute Gasteiger partial charge is 0.203 e. The van der Waals surface area contributed by atoms with Gasteiger partial charge in [0.05, 0.1) is 21.3 Å². The number of thiocarbonyl (C=S) groups is 1. The Balaban J connectivity index is 1.28. The third-order valence-corrected chi connectivity index (χ3v) is 6.35. The van der Waals surface area contributed by atoms with Crippen molar-refractivity contribution in [3.8, 4) is 17.2 Å². The van der Waals surface area contributed by atoms with Crippen molar-refractivity contribution >= 4 is 34.4 Å². The second-order valence-corrected chi connectivity index (χ2v) is 8.68. The van der Waals surface area contributed by atoms with Gasteiger partial charge < -0.3 is 29.7 Å². The lowest BCUT2D eigenvalue weighted by molar-refractivity contribution is 0.176. The zero-order valence-corrected chi connectivity index (χ0v) is 21.2. The number of rotatable bonds is 8. The number of methoxy groups -OCH3 is 3. The summed E-state index contributed by atoms with van der Waals surface area (Å²) in [6.45, 7) is 4.37. The van der Waals surface area contributed by atoms with E-state index in [1.165, 1.54) is 0 Å². The van der Waals surface area contributed by atoms with E-state index in [1.54, 1.807) is 21.3 Å². The number of hydrogen-bond acceptors (Lipinski definition) is 6. The molecule has 1 aliphatic heterocycles. The van der Waals surface area contributed by atoms with Crippen LogP contribution < -0.4 is 24.8 Å². The molecule has 1 saturated heterocycles. The van der Waals surface area contributed by atoms with Crippen LogP contribution in [-0.2, 0) is 6.54 Å². The predicted octanol–water partition coefficient (Wildman–Crippen LogP) is 4.97. The van der Waals surface area contributed by atoms with Crippen LogP contribution in [0.25, 0.3) is 0 Å². The number of benzene rings is 3. The first kappa shape index (κ1) is 24.6. The lowest BCUT2D eigenvalue weighted by Crippen LogP contribution is -2.49. The number of anilines is 3. The van der Waals surface area contributed by atoms with Crippen LogP contribution in [0.2, 0.25) is 0 Å². The summed E-state index contributed by atoms with van der Waals surface area (Å²) in [6.07, 6.45) is 0. The maximum absolute atomic E-state index is 5.69. The molecule has 0 unspecified atom stereocenters. The molecule has 35 heavy (non-hydrogen) atoms.